The minimum Gasteiger partial charge on any atom is -0.307 e. The van der Waals surface area contributed by atoms with E-state index in [9.17, 15) is 0 Å². The van der Waals surface area contributed by atoms with Crippen molar-refractivity contribution in [3.63, 3.8) is 0 Å². The summed E-state index contributed by atoms with van der Waals surface area (Å²) < 4.78 is 4.98. The molecule has 0 spiro atoms. The first-order valence-electron chi connectivity index (χ1n) is 14.7. The van der Waals surface area contributed by atoms with Gasteiger partial charge in [-0.2, -0.15) is 0 Å². The Labute approximate surface area is 228 Å². The van der Waals surface area contributed by atoms with Gasteiger partial charge in [0.05, 0.1) is 27.3 Å². The van der Waals surface area contributed by atoms with E-state index >= 15 is 0 Å². The maximum absolute atomic E-state index is 2.62. The largest absolute Gasteiger partial charge is 0.307 e. The van der Waals surface area contributed by atoms with Gasteiger partial charge in [0.2, 0.25) is 5.52 Å². The van der Waals surface area contributed by atoms with E-state index in [1.54, 1.807) is 5.56 Å². The van der Waals surface area contributed by atoms with Gasteiger partial charge in [-0.25, -0.2) is 4.57 Å². The Bertz CT molecular complexity index is 2110. The fraction of sp³-hybridized carbons (Fsp3) is 0.270. The van der Waals surface area contributed by atoms with Gasteiger partial charge in [0.1, 0.15) is 7.05 Å². The van der Waals surface area contributed by atoms with Gasteiger partial charge < -0.3 is 4.40 Å². The molecular formula is C37H33N2+. The highest BCUT2D eigenvalue weighted by atomic mass is 15.0. The molecule has 2 fully saturated rings. The average molecular weight is 506 g/mol. The molecule has 0 saturated heterocycles. The third-order valence-corrected chi connectivity index (χ3v) is 10.6. The zero-order valence-electron chi connectivity index (χ0n) is 23.0. The molecule has 4 aromatic carbocycles. The second-order valence-corrected chi connectivity index (χ2v) is 12.6. The second kappa shape index (κ2) is 7.60. The first-order valence-corrected chi connectivity index (χ1v) is 14.7. The molecule has 9 rings (SSSR count). The van der Waals surface area contributed by atoms with Crippen LogP contribution in [0.1, 0.15) is 48.3 Å². The minimum atomic E-state index is 0.713. The van der Waals surface area contributed by atoms with Gasteiger partial charge in [0.15, 0.2) is 6.20 Å². The molecule has 0 aliphatic heterocycles. The lowest BCUT2D eigenvalue weighted by atomic mass is 9.82. The second-order valence-electron chi connectivity index (χ2n) is 12.6. The zero-order valence-corrected chi connectivity index (χ0v) is 23.0. The third-order valence-electron chi connectivity index (χ3n) is 10.6. The molecule has 3 unspecified atom stereocenters. The Morgan fingerprint density at radius 3 is 2.44 bits per heavy atom. The molecule has 3 atom stereocenters. The summed E-state index contributed by atoms with van der Waals surface area (Å²) in [5.41, 5.74) is 12.3. The summed E-state index contributed by atoms with van der Waals surface area (Å²) in [5.74, 6) is 2.53. The summed E-state index contributed by atoms with van der Waals surface area (Å²) in [6.45, 7) is 4.60. The first kappa shape index (κ1) is 22.0. The van der Waals surface area contributed by atoms with Crippen LogP contribution in [0.25, 0.3) is 60.1 Å². The number of pyridine rings is 2. The predicted octanol–water partition coefficient (Wildman–Crippen LogP) is 9.00. The minimum absolute atomic E-state index is 0.713. The lowest BCUT2D eigenvalue weighted by Crippen LogP contribution is -2.29. The van der Waals surface area contributed by atoms with E-state index in [1.807, 2.05) is 0 Å². The average Bonchev–Trinajstić information content (AvgIpc) is 3.68. The molecule has 3 heterocycles. The maximum atomic E-state index is 2.62. The molecule has 2 saturated carbocycles. The van der Waals surface area contributed by atoms with Gasteiger partial charge in [-0.3, -0.25) is 0 Å². The maximum Gasteiger partial charge on any atom is 0.224 e. The van der Waals surface area contributed by atoms with Crippen molar-refractivity contribution in [1.82, 2.24) is 4.40 Å². The van der Waals surface area contributed by atoms with E-state index in [0.29, 0.717) is 5.92 Å². The summed E-state index contributed by atoms with van der Waals surface area (Å²) in [7, 11) is 2.22. The molecule has 0 N–H and O–H groups in total. The summed E-state index contributed by atoms with van der Waals surface area (Å²) in [5, 5.41) is 6.91. The number of aromatic nitrogens is 2. The summed E-state index contributed by atoms with van der Waals surface area (Å²) in [6, 6.07) is 27.8. The van der Waals surface area contributed by atoms with E-state index in [2.05, 4.69) is 109 Å². The highest BCUT2D eigenvalue weighted by Gasteiger charge is 2.40. The predicted molar refractivity (Wildman–Crippen MR) is 163 cm³/mol. The first-order chi connectivity index (χ1) is 19.1. The lowest BCUT2D eigenvalue weighted by molar-refractivity contribution is -0.643. The van der Waals surface area contributed by atoms with Gasteiger partial charge in [0.25, 0.3) is 0 Å². The molecule has 2 heteroatoms. The zero-order chi connectivity index (χ0) is 26.0. The van der Waals surface area contributed by atoms with E-state index in [1.165, 1.54) is 96.9 Å². The van der Waals surface area contributed by atoms with Gasteiger partial charge in [0, 0.05) is 16.8 Å². The highest BCUT2D eigenvalue weighted by Crippen LogP contribution is 2.54. The number of hydrogen-bond donors (Lipinski definition) is 0. The smallest absolute Gasteiger partial charge is 0.224 e. The fourth-order valence-electron chi connectivity index (χ4n) is 8.61. The SMILES string of the molecule is Cc1cc2c3cc(-c4ccccc4)ccc3n3c4cc(C5CC6CCC5C6)cc5cc[n+](C)c(c(c1C)c23)c54. The van der Waals surface area contributed by atoms with Crippen molar-refractivity contribution < 1.29 is 4.57 Å². The van der Waals surface area contributed by atoms with Crippen LogP contribution in [0.3, 0.4) is 0 Å². The summed E-state index contributed by atoms with van der Waals surface area (Å²) in [4.78, 5) is 0. The highest BCUT2D eigenvalue weighted by molar-refractivity contribution is 6.26. The van der Waals surface area contributed by atoms with Crippen molar-refractivity contribution in [2.75, 3.05) is 0 Å². The summed E-state index contributed by atoms with van der Waals surface area (Å²) >= 11 is 0. The third kappa shape index (κ3) is 2.84. The standard InChI is InChI=1S/C37H33N2/c1-21-15-31-30-19-25(24-7-5-4-6-8-24)11-12-32(30)39-33-20-28(29-17-23-9-10-26(29)16-23)18-27-13-14-38(3)37(35(27)33)34(22(21)2)36(31)39/h4-8,11-15,18-20,23,26,29H,9-10,16-17H2,1-3H3/q+1. The normalized spacial score (nSPS) is 21.1. The molecule has 2 bridgehead atoms. The summed E-state index contributed by atoms with van der Waals surface area (Å²) in [6.07, 6.45) is 7.96. The van der Waals surface area contributed by atoms with Crippen LogP contribution >= 0.6 is 0 Å². The van der Waals surface area contributed by atoms with Crippen LogP contribution < -0.4 is 4.57 Å². The number of hydrogen-bond acceptors (Lipinski definition) is 0. The molecule has 2 aliphatic rings. The lowest BCUT2D eigenvalue weighted by Gasteiger charge is -2.23. The molecule has 2 aliphatic carbocycles. The molecular weight excluding hydrogens is 472 g/mol. The van der Waals surface area contributed by atoms with Crippen molar-refractivity contribution in [2.45, 2.75) is 45.4 Å². The van der Waals surface area contributed by atoms with E-state index < -0.39 is 0 Å². The van der Waals surface area contributed by atoms with Gasteiger partial charge in [-0.15, -0.1) is 0 Å². The van der Waals surface area contributed by atoms with E-state index in [-0.39, 0.29) is 0 Å². The van der Waals surface area contributed by atoms with Crippen molar-refractivity contribution in [1.29, 1.82) is 0 Å². The Balaban J connectivity index is 1.48. The fourth-order valence-corrected chi connectivity index (χ4v) is 8.61. The van der Waals surface area contributed by atoms with Gasteiger partial charge >= 0.3 is 0 Å². The van der Waals surface area contributed by atoms with Crippen molar-refractivity contribution in [3.8, 4) is 11.1 Å². The van der Waals surface area contributed by atoms with Gasteiger partial charge in [-0.05, 0) is 108 Å². The Morgan fingerprint density at radius 1 is 0.769 bits per heavy atom. The van der Waals surface area contributed by atoms with Crippen LogP contribution in [0.5, 0.6) is 0 Å². The van der Waals surface area contributed by atoms with Crippen LogP contribution in [0.15, 0.2) is 79.0 Å². The number of nitrogens with zero attached hydrogens (tertiary/aromatic N) is 2. The Hall–Kier alpha value is -3.91. The molecule has 190 valence electrons. The molecule has 3 aromatic heterocycles. The quantitative estimate of drug-likeness (QED) is 0.126. The molecule has 0 radical (unpaired) electrons. The molecule has 0 amide bonds. The van der Waals surface area contributed by atoms with Crippen LogP contribution in [0.2, 0.25) is 0 Å². The van der Waals surface area contributed by atoms with Crippen molar-refractivity contribution >= 4 is 49.0 Å². The number of benzene rings is 4. The van der Waals surface area contributed by atoms with Crippen molar-refractivity contribution in [3.05, 3.63) is 95.7 Å². The number of rotatable bonds is 2. The van der Waals surface area contributed by atoms with E-state index in [4.69, 9.17) is 0 Å². The molecule has 2 nitrogen and oxygen atoms in total. The van der Waals surface area contributed by atoms with Crippen LogP contribution in [0, 0.1) is 25.7 Å². The van der Waals surface area contributed by atoms with Crippen LogP contribution in [-0.2, 0) is 7.05 Å². The molecule has 7 aromatic rings. The van der Waals surface area contributed by atoms with E-state index in [0.717, 1.165) is 11.8 Å². The van der Waals surface area contributed by atoms with Crippen LogP contribution in [-0.4, -0.2) is 4.40 Å². The topological polar surface area (TPSA) is 8.29 Å². The Morgan fingerprint density at radius 2 is 1.64 bits per heavy atom. The number of fused-ring (bicyclic) bond motifs is 7. The van der Waals surface area contributed by atoms with Gasteiger partial charge in [-0.1, -0.05) is 48.9 Å². The molecule has 39 heavy (non-hydrogen) atoms. The number of aryl methyl sites for hydroxylation is 3. The van der Waals surface area contributed by atoms with Crippen LogP contribution in [0.4, 0.5) is 0 Å². The monoisotopic (exact) mass is 505 g/mol. The Kier molecular flexibility index (Phi) is 4.28. The van der Waals surface area contributed by atoms with Crippen molar-refractivity contribution in [2.24, 2.45) is 18.9 Å².